The van der Waals surface area contributed by atoms with Crippen LogP contribution in [0.1, 0.15) is 85.8 Å². The summed E-state index contributed by atoms with van der Waals surface area (Å²) in [5, 5.41) is 12.3. The van der Waals surface area contributed by atoms with Crippen molar-refractivity contribution in [2.24, 2.45) is 5.92 Å². The first-order valence-electron chi connectivity index (χ1n) is 15.1. The van der Waals surface area contributed by atoms with Gasteiger partial charge in [0.2, 0.25) is 13.3 Å². The number of hydrogen-bond donors (Lipinski definition) is 2. The van der Waals surface area contributed by atoms with Crippen molar-refractivity contribution in [3.63, 3.8) is 0 Å². The van der Waals surface area contributed by atoms with Gasteiger partial charge in [-0.05, 0) is 62.8 Å². The Morgan fingerprint density at radius 3 is 2.41 bits per heavy atom. The summed E-state index contributed by atoms with van der Waals surface area (Å²) in [6, 6.07) is 14.1. The van der Waals surface area contributed by atoms with Crippen LogP contribution >= 0.6 is 7.37 Å². The molecular weight excluding hydrogens is 585 g/mol. The van der Waals surface area contributed by atoms with Crippen LogP contribution in [0.3, 0.4) is 0 Å². The average molecular weight is 628 g/mol. The third-order valence-corrected chi connectivity index (χ3v) is 10.2. The zero-order valence-corrected chi connectivity index (χ0v) is 26.5. The highest BCUT2D eigenvalue weighted by Gasteiger charge is 2.30. The monoisotopic (exact) mass is 627 g/mol. The maximum atomic E-state index is 13.8. The van der Waals surface area contributed by atoms with E-state index in [9.17, 15) is 33.6 Å². The Balaban J connectivity index is 1.63. The molecule has 11 heteroatoms. The van der Waals surface area contributed by atoms with Crippen molar-refractivity contribution in [2.75, 3.05) is 19.3 Å². The lowest BCUT2D eigenvalue weighted by Crippen LogP contribution is -2.29. The summed E-state index contributed by atoms with van der Waals surface area (Å²) in [7, 11) is -3.43. The fraction of sp³-hybridized carbons (Fsp3) is 0.485. The van der Waals surface area contributed by atoms with E-state index in [4.69, 9.17) is 9.26 Å². The van der Waals surface area contributed by atoms with E-state index in [0.717, 1.165) is 24.0 Å². The summed E-state index contributed by atoms with van der Waals surface area (Å²) >= 11 is 0. The van der Waals surface area contributed by atoms with Gasteiger partial charge in [-0.1, -0.05) is 42.5 Å². The number of hydrogen-bond acceptors (Lipinski definition) is 8. The summed E-state index contributed by atoms with van der Waals surface area (Å²) in [6.07, 6.45) is 1.34. The molecule has 10 nitrogen and oxygen atoms in total. The second-order valence-corrected chi connectivity index (χ2v) is 13.8. The smallest absolute Gasteiger partial charge is 0.335 e. The Bertz CT molecular complexity index is 1390. The van der Waals surface area contributed by atoms with E-state index < -0.39 is 37.2 Å². The number of aliphatic carboxylic acids is 1. The van der Waals surface area contributed by atoms with Crippen LogP contribution in [0.25, 0.3) is 0 Å². The molecule has 1 saturated carbocycles. The maximum absolute atomic E-state index is 13.8. The standard InChI is InChI=1S/C33H42NO9P/c1-4-42-33(40)23(3)43-44(41,21-24-9-6-5-7-10-24)18-17-34-31(37)16-15-30(36)28-20-25(19-26-11-8-12-29(26)35)13-14-27(28)22(2)32(38)39/h5-7,9-10,13-14,20,22-23,26H,4,8,11-12,15-19,21H2,1-3H3,(H,34,37)(H,38,39)/t22?,23-,26?,44?/m1/s1. The van der Waals surface area contributed by atoms with E-state index in [2.05, 4.69) is 5.32 Å². The molecule has 1 amide bonds. The van der Waals surface area contributed by atoms with Crippen LogP contribution in [-0.2, 0) is 45.6 Å². The van der Waals surface area contributed by atoms with Crippen molar-refractivity contribution < 1.29 is 42.9 Å². The number of esters is 1. The second kappa shape index (κ2) is 16.5. The lowest BCUT2D eigenvalue weighted by Gasteiger charge is -2.22. The van der Waals surface area contributed by atoms with E-state index in [1.54, 1.807) is 49.4 Å². The molecule has 0 radical (unpaired) electrons. The van der Waals surface area contributed by atoms with Gasteiger partial charge in [-0.2, -0.15) is 0 Å². The third kappa shape index (κ3) is 10.2. The van der Waals surface area contributed by atoms with Gasteiger partial charge in [-0.15, -0.1) is 0 Å². The molecule has 0 aromatic heterocycles. The number of Topliss-reactive ketones (excluding diaryl/α,β-unsaturated/α-hetero) is 2. The molecule has 3 unspecified atom stereocenters. The van der Waals surface area contributed by atoms with Gasteiger partial charge in [-0.3, -0.25) is 23.7 Å². The average Bonchev–Trinajstić information content (AvgIpc) is 3.39. The fourth-order valence-corrected chi connectivity index (χ4v) is 7.53. The quantitative estimate of drug-likeness (QED) is 0.135. The highest BCUT2D eigenvalue weighted by Crippen LogP contribution is 2.51. The Labute approximate surface area is 258 Å². The number of ether oxygens (including phenoxy) is 1. The van der Waals surface area contributed by atoms with Gasteiger partial charge in [0.15, 0.2) is 11.9 Å². The normalized spacial score (nSPS) is 17.3. The number of carboxylic acid groups (broad SMARTS) is 1. The first-order chi connectivity index (χ1) is 20.9. The summed E-state index contributed by atoms with van der Waals surface area (Å²) in [4.78, 5) is 62.0. The molecule has 238 valence electrons. The van der Waals surface area contributed by atoms with Crippen molar-refractivity contribution in [1.29, 1.82) is 0 Å². The van der Waals surface area contributed by atoms with Crippen molar-refractivity contribution >= 4 is 36.8 Å². The van der Waals surface area contributed by atoms with Gasteiger partial charge in [0.25, 0.3) is 0 Å². The van der Waals surface area contributed by atoms with Crippen molar-refractivity contribution in [3.05, 3.63) is 70.8 Å². The SMILES string of the molecule is CCOC(=O)[C@@H](C)OP(=O)(CCNC(=O)CCC(=O)c1cc(CC2CCCC2=O)ccc1C(C)C(=O)O)Cc1ccccc1. The topological polar surface area (TPSA) is 153 Å². The van der Waals surface area contributed by atoms with Gasteiger partial charge in [-0.25, -0.2) is 4.79 Å². The second-order valence-electron chi connectivity index (χ2n) is 11.2. The predicted octanol–water partition coefficient (Wildman–Crippen LogP) is 5.31. The lowest BCUT2D eigenvalue weighted by molar-refractivity contribution is -0.150. The Kier molecular flexibility index (Phi) is 13.0. The number of ketones is 2. The molecule has 2 aromatic rings. The maximum Gasteiger partial charge on any atom is 0.335 e. The summed E-state index contributed by atoms with van der Waals surface area (Å²) in [5.41, 5.74) is 2.14. The largest absolute Gasteiger partial charge is 0.481 e. The number of carbonyl (C=O) groups is 5. The zero-order valence-electron chi connectivity index (χ0n) is 25.6. The minimum Gasteiger partial charge on any atom is -0.481 e. The van der Waals surface area contributed by atoms with Crippen LogP contribution < -0.4 is 5.32 Å². The molecule has 44 heavy (non-hydrogen) atoms. The van der Waals surface area contributed by atoms with Crippen molar-refractivity contribution in [1.82, 2.24) is 5.32 Å². The van der Waals surface area contributed by atoms with Gasteiger partial charge in [0, 0.05) is 49.6 Å². The van der Waals surface area contributed by atoms with E-state index >= 15 is 0 Å². The third-order valence-electron chi connectivity index (χ3n) is 7.76. The van der Waals surface area contributed by atoms with Crippen LogP contribution in [0.5, 0.6) is 0 Å². The van der Waals surface area contributed by atoms with Crippen LogP contribution in [0.4, 0.5) is 0 Å². The van der Waals surface area contributed by atoms with E-state index in [1.807, 2.05) is 6.07 Å². The molecule has 1 aliphatic carbocycles. The van der Waals surface area contributed by atoms with Gasteiger partial charge in [0.05, 0.1) is 12.5 Å². The van der Waals surface area contributed by atoms with Gasteiger partial charge < -0.3 is 19.7 Å². The van der Waals surface area contributed by atoms with E-state index in [-0.39, 0.29) is 61.4 Å². The molecule has 2 N–H and O–H groups in total. The molecule has 0 aliphatic heterocycles. The van der Waals surface area contributed by atoms with E-state index in [1.165, 1.54) is 13.8 Å². The Hall–Kier alpha value is -3.62. The number of nitrogens with one attached hydrogen (secondary N) is 1. The number of benzene rings is 2. The highest BCUT2D eigenvalue weighted by molar-refractivity contribution is 7.58. The van der Waals surface area contributed by atoms with Crippen LogP contribution in [0.2, 0.25) is 0 Å². The molecule has 0 bridgehead atoms. The molecule has 2 aromatic carbocycles. The predicted molar refractivity (Wildman–Crippen MR) is 165 cm³/mol. The number of amides is 1. The van der Waals surface area contributed by atoms with Crippen LogP contribution in [0.15, 0.2) is 48.5 Å². The van der Waals surface area contributed by atoms with Crippen molar-refractivity contribution in [3.8, 4) is 0 Å². The Morgan fingerprint density at radius 2 is 1.77 bits per heavy atom. The fourth-order valence-electron chi connectivity index (χ4n) is 5.31. The lowest BCUT2D eigenvalue weighted by atomic mass is 9.88. The minimum atomic E-state index is -3.43. The number of carboxylic acids is 1. The molecule has 4 atom stereocenters. The summed E-state index contributed by atoms with van der Waals surface area (Å²) in [6.45, 7) is 4.79. The van der Waals surface area contributed by atoms with Crippen LogP contribution in [-0.4, -0.2) is 59.9 Å². The summed E-state index contributed by atoms with van der Waals surface area (Å²) < 4.78 is 24.5. The molecular formula is C33H42NO9P. The molecule has 0 spiro atoms. The Morgan fingerprint density at radius 1 is 1.05 bits per heavy atom. The zero-order chi connectivity index (χ0) is 32.3. The minimum absolute atomic E-state index is 0.00111. The molecule has 3 rings (SSSR count). The van der Waals surface area contributed by atoms with Gasteiger partial charge >= 0.3 is 11.9 Å². The summed E-state index contributed by atoms with van der Waals surface area (Å²) in [5.74, 6) is -3.34. The first kappa shape index (κ1) is 34.9. The van der Waals surface area contributed by atoms with Crippen LogP contribution in [0, 0.1) is 5.92 Å². The number of carbonyl (C=O) groups excluding carboxylic acids is 4. The van der Waals surface area contributed by atoms with E-state index in [0.29, 0.717) is 18.4 Å². The van der Waals surface area contributed by atoms with Gasteiger partial charge in [0.1, 0.15) is 5.78 Å². The van der Waals surface area contributed by atoms with Crippen molar-refractivity contribution in [2.45, 2.75) is 77.5 Å². The first-order valence-corrected chi connectivity index (χ1v) is 17.1. The molecule has 1 aliphatic rings. The molecule has 1 fully saturated rings. The molecule has 0 saturated heterocycles. The highest BCUT2D eigenvalue weighted by atomic mass is 31.2. The molecule has 0 heterocycles. The number of rotatable bonds is 17.